The number of aromatic nitrogens is 3. The molecule has 0 saturated carbocycles. The van der Waals surface area contributed by atoms with Crippen molar-refractivity contribution in [3.63, 3.8) is 0 Å². The number of β-amino-alcohol motifs (C(OH)–C–C–N with tert-alkyl or cyclic N) is 1. The summed E-state index contributed by atoms with van der Waals surface area (Å²) in [6.07, 6.45) is 5.38. The number of amides is 1. The zero-order chi connectivity index (χ0) is 17.9. The van der Waals surface area contributed by atoms with Crippen LogP contribution in [0.5, 0.6) is 5.75 Å². The van der Waals surface area contributed by atoms with Crippen molar-refractivity contribution in [2.75, 3.05) is 20.2 Å². The fourth-order valence-electron chi connectivity index (χ4n) is 3.12. The Morgan fingerprint density at radius 2 is 2.24 bits per heavy atom. The summed E-state index contributed by atoms with van der Waals surface area (Å²) in [6, 6.07) is 7.58. The van der Waals surface area contributed by atoms with Crippen LogP contribution in [0.15, 0.2) is 42.7 Å². The second kappa shape index (κ2) is 7.06. The highest BCUT2D eigenvalue weighted by Crippen LogP contribution is 2.27. The predicted octanol–water partition coefficient (Wildman–Crippen LogP) is 1.35. The summed E-state index contributed by atoms with van der Waals surface area (Å²) in [5.41, 5.74) is 0.736. The third-order valence-corrected chi connectivity index (χ3v) is 4.44. The highest BCUT2D eigenvalue weighted by molar-refractivity contribution is 5.95. The molecule has 0 radical (unpaired) electrons. The molecule has 1 fully saturated rings. The standard InChI is InChI=1S/C18H22N4O3/c1-14(15-5-3-4-6-16(15)25-2)11-17(23)21-9-7-18(24,12-21)13-22-10-8-19-20-22/h3-6,8,10-11,24H,7,9,12-13H2,1-2H3/b14-11+. The van der Waals surface area contributed by atoms with Crippen molar-refractivity contribution in [3.05, 3.63) is 48.3 Å². The fraction of sp³-hybridized carbons (Fsp3) is 0.389. The minimum atomic E-state index is -0.977. The monoisotopic (exact) mass is 342 g/mol. The first kappa shape index (κ1) is 17.2. The average molecular weight is 342 g/mol. The number of aliphatic hydroxyl groups is 1. The lowest BCUT2D eigenvalue weighted by atomic mass is 10.0. The molecule has 1 aliphatic heterocycles. The topological polar surface area (TPSA) is 80.5 Å². The molecule has 25 heavy (non-hydrogen) atoms. The Bertz CT molecular complexity index is 772. The van der Waals surface area contributed by atoms with Crippen molar-refractivity contribution in [2.24, 2.45) is 0 Å². The van der Waals surface area contributed by atoms with E-state index >= 15 is 0 Å². The van der Waals surface area contributed by atoms with Gasteiger partial charge < -0.3 is 14.7 Å². The zero-order valence-electron chi connectivity index (χ0n) is 14.4. The molecule has 1 saturated heterocycles. The summed E-state index contributed by atoms with van der Waals surface area (Å²) in [5, 5.41) is 18.3. The van der Waals surface area contributed by atoms with E-state index in [0.717, 1.165) is 16.9 Å². The smallest absolute Gasteiger partial charge is 0.246 e. The van der Waals surface area contributed by atoms with Crippen LogP contribution in [0.25, 0.3) is 5.57 Å². The minimum absolute atomic E-state index is 0.113. The number of benzene rings is 1. The van der Waals surface area contributed by atoms with Gasteiger partial charge in [-0.05, 0) is 25.0 Å². The van der Waals surface area contributed by atoms with Gasteiger partial charge >= 0.3 is 0 Å². The van der Waals surface area contributed by atoms with Gasteiger partial charge in [-0.15, -0.1) is 5.10 Å². The number of hydrogen-bond acceptors (Lipinski definition) is 5. The molecule has 1 aromatic carbocycles. The molecule has 2 heterocycles. The van der Waals surface area contributed by atoms with E-state index in [-0.39, 0.29) is 12.5 Å². The molecule has 132 valence electrons. The zero-order valence-corrected chi connectivity index (χ0v) is 14.4. The van der Waals surface area contributed by atoms with Crippen molar-refractivity contribution in [1.82, 2.24) is 19.9 Å². The number of carbonyl (C=O) groups excluding carboxylic acids is 1. The minimum Gasteiger partial charge on any atom is -0.496 e. The molecule has 1 aromatic heterocycles. The molecule has 1 atom stereocenters. The summed E-state index contributed by atoms with van der Waals surface area (Å²) in [7, 11) is 1.61. The maximum absolute atomic E-state index is 12.6. The van der Waals surface area contributed by atoms with Crippen LogP contribution in [0.3, 0.4) is 0 Å². The molecule has 0 aliphatic carbocycles. The average Bonchev–Trinajstić information content (AvgIpc) is 3.24. The summed E-state index contributed by atoms with van der Waals surface area (Å²) >= 11 is 0. The van der Waals surface area contributed by atoms with Gasteiger partial charge in [0, 0.05) is 24.4 Å². The van der Waals surface area contributed by atoms with E-state index in [0.29, 0.717) is 19.5 Å². The molecule has 0 bridgehead atoms. The normalized spacial score (nSPS) is 20.8. The first-order valence-corrected chi connectivity index (χ1v) is 8.18. The van der Waals surface area contributed by atoms with Gasteiger partial charge in [0.05, 0.1) is 26.4 Å². The van der Waals surface area contributed by atoms with E-state index in [1.54, 1.807) is 35.2 Å². The SMILES string of the molecule is COc1ccccc1/C(C)=C/C(=O)N1CCC(O)(Cn2ccnn2)C1. The Morgan fingerprint density at radius 1 is 1.44 bits per heavy atom. The van der Waals surface area contributed by atoms with Crippen LogP contribution in [-0.4, -0.2) is 56.7 Å². The van der Waals surface area contributed by atoms with E-state index in [1.807, 2.05) is 31.2 Å². The van der Waals surface area contributed by atoms with Gasteiger partial charge in [-0.1, -0.05) is 23.4 Å². The second-order valence-corrected chi connectivity index (χ2v) is 6.36. The number of allylic oxidation sites excluding steroid dienone is 1. The fourth-order valence-corrected chi connectivity index (χ4v) is 3.12. The maximum atomic E-state index is 12.6. The Labute approximate surface area is 146 Å². The van der Waals surface area contributed by atoms with Crippen LogP contribution in [0.4, 0.5) is 0 Å². The van der Waals surface area contributed by atoms with Crippen LogP contribution < -0.4 is 4.74 Å². The number of nitrogens with zero attached hydrogens (tertiary/aromatic N) is 4. The van der Waals surface area contributed by atoms with Gasteiger partial charge in [0.1, 0.15) is 11.4 Å². The van der Waals surface area contributed by atoms with Crippen molar-refractivity contribution in [1.29, 1.82) is 0 Å². The third kappa shape index (κ3) is 3.88. The number of methoxy groups -OCH3 is 1. The van der Waals surface area contributed by atoms with Gasteiger partial charge in [-0.3, -0.25) is 4.79 Å². The summed E-state index contributed by atoms with van der Waals surface area (Å²) in [5.74, 6) is 0.617. The van der Waals surface area contributed by atoms with E-state index in [4.69, 9.17) is 4.74 Å². The Morgan fingerprint density at radius 3 is 2.96 bits per heavy atom. The second-order valence-electron chi connectivity index (χ2n) is 6.36. The molecule has 7 heteroatoms. The highest BCUT2D eigenvalue weighted by Gasteiger charge is 2.38. The molecular formula is C18H22N4O3. The van der Waals surface area contributed by atoms with E-state index in [9.17, 15) is 9.90 Å². The van der Waals surface area contributed by atoms with Gasteiger partial charge in [0.25, 0.3) is 0 Å². The number of hydrogen-bond donors (Lipinski definition) is 1. The number of ether oxygens (including phenoxy) is 1. The van der Waals surface area contributed by atoms with E-state index in [2.05, 4.69) is 10.3 Å². The summed E-state index contributed by atoms with van der Waals surface area (Å²) in [6.45, 7) is 3.00. The molecule has 2 aromatic rings. The van der Waals surface area contributed by atoms with Gasteiger partial charge in [-0.2, -0.15) is 0 Å². The number of likely N-dealkylation sites (tertiary alicyclic amines) is 1. The van der Waals surface area contributed by atoms with Gasteiger partial charge in [0.2, 0.25) is 5.91 Å². The third-order valence-electron chi connectivity index (χ3n) is 4.44. The molecule has 1 amide bonds. The van der Waals surface area contributed by atoms with Crippen molar-refractivity contribution < 1.29 is 14.6 Å². The quantitative estimate of drug-likeness (QED) is 0.830. The molecule has 1 N–H and O–H groups in total. The van der Waals surface area contributed by atoms with Crippen molar-refractivity contribution in [3.8, 4) is 5.75 Å². The Balaban J connectivity index is 1.69. The lowest BCUT2D eigenvalue weighted by Crippen LogP contribution is -2.39. The molecular weight excluding hydrogens is 320 g/mol. The predicted molar refractivity (Wildman–Crippen MR) is 92.8 cm³/mol. The first-order valence-electron chi connectivity index (χ1n) is 8.18. The number of rotatable bonds is 5. The molecule has 1 aliphatic rings. The van der Waals surface area contributed by atoms with Crippen LogP contribution in [0, 0.1) is 0 Å². The van der Waals surface area contributed by atoms with Crippen molar-refractivity contribution in [2.45, 2.75) is 25.5 Å². The van der Waals surface area contributed by atoms with Crippen LogP contribution in [0.2, 0.25) is 0 Å². The molecule has 3 rings (SSSR count). The van der Waals surface area contributed by atoms with E-state index in [1.165, 1.54) is 0 Å². The Kier molecular flexibility index (Phi) is 4.85. The summed E-state index contributed by atoms with van der Waals surface area (Å²) < 4.78 is 6.93. The largest absolute Gasteiger partial charge is 0.496 e. The molecule has 7 nitrogen and oxygen atoms in total. The Hall–Kier alpha value is -2.67. The van der Waals surface area contributed by atoms with Gasteiger partial charge in [-0.25, -0.2) is 4.68 Å². The van der Waals surface area contributed by atoms with E-state index < -0.39 is 5.60 Å². The van der Waals surface area contributed by atoms with Gasteiger partial charge in [0.15, 0.2) is 0 Å². The maximum Gasteiger partial charge on any atom is 0.246 e. The van der Waals surface area contributed by atoms with Crippen LogP contribution >= 0.6 is 0 Å². The summed E-state index contributed by atoms with van der Waals surface area (Å²) in [4.78, 5) is 14.2. The highest BCUT2D eigenvalue weighted by atomic mass is 16.5. The first-order chi connectivity index (χ1) is 12.0. The molecule has 1 unspecified atom stereocenters. The van der Waals surface area contributed by atoms with Crippen LogP contribution in [-0.2, 0) is 11.3 Å². The van der Waals surface area contributed by atoms with Crippen molar-refractivity contribution >= 4 is 11.5 Å². The lowest BCUT2D eigenvalue weighted by Gasteiger charge is -2.22. The molecule has 0 spiro atoms. The van der Waals surface area contributed by atoms with Crippen LogP contribution in [0.1, 0.15) is 18.9 Å². The number of para-hydroxylation sites is 1. The number of carbonyl (C=O) groups is 1. The lowest BCUT2D eigenvalue weighted by molar-refractivity contribution is -0.126.